The number of anilines is 3. The first-order valence-corrected chi connectivity index (χ1v) is 21.6. The molecule has 0 saturated heterocycles. The number of pyridine rings is 1. The zero-order chi connectivity index (χ0) is 42.8. The molecule has 0 spiro atoms. The van der Waals surface area contributed by atoms with Gasteiger partial charge in [0.05, 0.1) is 0 Å². The van der Waals surface area contributed by atoms with Crippen LogP contribution in [0.5, 0.6) is 11.5 Å². The molecule has 3 aliphatic rings. The van der Waals surface area contributed by atoms with E-state index in [0.717, 1.165) is 61.5 Å². The molecule has 11 rings (SSSR count). The zero-order valence-corrected chi connectivity index (χ0v) is 38.6. The molecule has 0 aliphatic carbocycles. The van der Waals surface area contributed by atoms with Crippen LogP contribution in [0.2, 0.25) is 0 Å². The number of ether oxygens (including phenoxy) is 1. The Morgan fingerprint density at radius 2 is 1.41 bits per heavy atom. The van der Waals surface area contributed by atoms with Crippen LogP contribution in [-0.4, -0.2) is 21.2 Å². The van der Waals surface area contributed by atoms with Crippen LogP contribution in [0.4, 0.5) is 17.1 Å². The van der Waals surface area contributed by atoms with Crippen LogP contribution in [0.15, 0.2) is 182 Å². The Hall–Kier alpha value is -6.82. The fourth-order valence-corrected chi connectivity index (χ4v) is 9.32. The fourth-order valence-electron chi connectivity index (χ4n) is 9.32. The number of hydrogen-bond acceptors (Lipinski definition) is 5. The molecule has 64 heavy (non-hydrogen) atoms. The van der Waals surface area contributed by atoms with E-state index < -0.39 is 0 Å². The van der Waals surface area contributed by atoms with Crippen molar-refractivity contribution < 1.29 is 25.8 Å². The molecular formula is C56H45BN5OPt-3. The predicted octanol–water partition coefficient (Wildman–Crippen LogP) is 13.5. The molecule has 0 amide bonds. The summed E-state index contributed by atoms with van der Waals surface area (Å²) in [6.07, 6.45) is 10.7. The predicted molar refractivity (Wildman–Crippen MR) is 260 cm³/mol. The van der Waals surface area contributed by atoms with Crippen molar-refractivity contribution in [2.75, 3.05) is 9.80 Å². The molecule has 6 nitrogen and oxygen atoms in total. The largest absolute Gasteiger partial charge is 0.509 e. The molecule has 0 unspecified atom stereocenters. The van der Waals surface area contributed by atoms with E-state index in [9.17, 15) is 0 Å². The van der Waals surface area contributed by atoms with Gasteiger partial charge in [-0.3, -0.25) is 0 Å². The first-order valence-electron chi connectivity index (χ1n) is 21.6. The van der Waals surface area contributed by atoms with E-state index in [0.29, 0.717) is 11.5 Å². The number of allylic oxidation sites excluding steroid dienone is 3. The van der Waals surface area contributed by atoms with Crippen LogP contribution in [0.3, 0.4) is 0 Å². The van der Waals surface area contributed by atoms with Gasteiger partial charge < -0.3 is 23.9 Å². The van der Waals surface area contributed by atoms with Crippen molar-refractivity contribution in [2.45, 2.75) is 40.0 Å². The summed E-state index contributed by atoms with van der Waals surface area (Å²) < 4.78 is 8.87. The van der Waals surface area contributed by atoms with Gasteiger partial charge in [0.1, 0.15) is 5.82 Å². The van der Waals surface area contributed by atoms with E-state index in [1.54, 1.807) is 0 Å². The number of aromatic nitrogens is 2. The summed E-state index contributed by atoms with van der Waals surface area (Å²) in [5.41, 5.74) is 14.5. The van der Waals surface area contributed by atoms with E-state index >= 15 is 0 Å². The third kappa shape index (κ3) is 7.28. The molecule has 5 heterocycles. The molecule has 0 saturated carbocycles. The Morgan fingerprint density at radius 1 is 0.672 bits per heavy atom. The summed E-state index contributed by atoms with van der Waals surface area (Å²) in [4.78, 5) is 11.8. The van der Waals surface area contributed by atoms with E-state index in [1.165, 1.54) is 27.7 Å². The van der Waals surface area contributed by atoms with Gasteiger partial charge in [0.25, 0.3) is 0 Å². The molecule has 0 radical (unpaired) electrons. The molecule has 0 N–H and O–H groups in total. The summed E-state index contributed by atoms with van der Waals surface area (Å²) in [7, 11) is 0. The van der Waals surface area contributed by atoms with Crippen molar-refractivity contribution >= 4 is 56.8 Å². The van der Waals surface area contributed by atoms with Gasteiger partial charge in [-0.25, -0.2) is 4.98 Å². The van der Waals surface area contributed by atoms with Crippen molar-refractivity contribution in [3.63, 3.8) is 0 Å². The monoisotopic (exact) mass is 1010 g/mol. The maximum Gasteiger partial charge on any atom is 0.322 e. The number of benzene rings is 6. The van der Waals surface area contributed by atoms with Crippen molar-refractivity contribution in [2.24, 2.45) is 0 Å². The minimum absolute atomic E-state index is 0. The van der Waals surface area contributed by atoms with Gasteiger partial charge in [-0.05, 0) is 89.4 Å². The minimum atomic E-state index is -0.0260. The van der Waals surface area contributed by atoms with E-state index in [4.69, 9.17) is 9.72 Å². The minimum Gasteiger partial charge on any atom is -0.509 e. The van der Waals surface area contributed by atoms with Crippen LogP contribution in [-0.2, 0) is 26.5 Å². The topological polar surface area (TPSA) is 36.8 Å². The Bertz CT molecular complexity index is 3210. The normalized spacial score (nSPS) is 14.5. The summed E-state index contributed by atoms with van der Waals surface area (Å²) in [5, 5.41) is 2.23. The third-order valence-electron chi connectivity index (χ3n) is 12.2. The number of hydrogen-bond donors (Lipinski definition) is 0. The molecule has 8 aromatic rings. The van der Waals surface area contributed by atoms with Crippen molar-refractivity contribution in [3.8, 4) is 17.3 Å². The van der Waals surface area contributed by atoms with Gasteiger partial charge in [0.15, 0.2) is 0 Å². The molecule has 6 aromatic carbocycles. The van der Waals surface area contributed by atoms with Crippen molar-refractivity contribution in [1.29, 1.82) is 0 Å². The van der Waals surface area contributed by atoms with Gasteiger partial charge >= 0.3 is 6.85 Å². The van der Waals surface area contributed by atoms with Gasteiger partial charge in [0.2, 0.25) is 0 Å². The van der Waals surface area contributed by atoms with Crippen molar-refractivity contribution in [1.82, 2.24) is 14.4 Å². The van der Waals surface area contributed by atoms with Crippen LogP contribution in [0, 0.1) is 32.6 Å². The van der Waals surface area contributed by atoms with Crippen LogP contribution in [0.1, 0.15) is 48.6 Å². The number of nitrogens with zero attached hydrogens (tertiary/aromatic N) is 5. The molecule has 2 aromatic heterocycles. The Labute approximate surface area is 390 Å². The van der Waals surface area contributed by atoms with Gasteiger partial charge in [-0.1, -0.05) is 128 Å². The summed E-state index contributed by atoms with van der Waals surface area (Å²) in [6, 6.07) is 56.4. The summed E-state index contributed by atoms with van der Waals surface area (Å²) in [5.74, 6) is 4.34. The summed E-state index contributed by atoms with van der Waals surface area (Å²) >= 11 is 0. The van der Waals surface area contributed by atoms with Crippen LogP contribution in [0.25, 0.3) is 38.7 Å². The zero-order valence-electron chi connectivity index (χ0n) is 36.4. The molecule has 8 heteroatoms. The molecule has 3 aliphatic heterocycles. The van der Waals surface area contributed by atoms with E-state index in [2.05, 4.69) is 224 Å². The second-order valence-corrected chi connectivity index (χ2v) is 17.6. The number of para-hydroxylation sites is 3. The SMILES string of the molecule is Cc1cc(C)cc(C2=C(N3[CH-]N(c4[c-]c(Oc5[c-]c6c(cc5)c5ccccc5n6-c5cc(C(C)(C)C)ccn5)ccc4)c4ccccc43)C(c3ccccc3)=CN3C=CC=CB23)c1.[Pt]. The van der Waals surface area contributed by atoms with Crippen LogP contribution < -0.4 is 14.5 Å². The number of aryl methyl sites for hydroxylation is 2. The molecule has 0 fully saturated rings. The third-order valence-corrected chi connectivity index (χ3v) is 12.2. The quantitative estimate of drug-likeness (QED) is 0.117. The molecule has 0 atom stereocenters. The average Bonchev–Trinajstić information content (AvgIpc) is 3.84. The van der Waals surface area contributed by atoms with Gasteiger partial charge in [-0.15, -0.1) is 48.1 Å². The maximum atomic E-state index is 6.68. The molecule has 0 bridgehead atoms. The standard InChI is InChI=1S/C56H45BN5O.Pt/c1-38-30-39(2)32-41(31-38)54-55(48(40-16-7-6-8-17-40)36-59-29-14-13-27-57(54)59)61-37-60(50-22-11-12-23-51(50)61)43-18-15-19-44(34-43)63-45-24-25-47-46-20-9-10-21-49(46)62(52(47)35-45)53-33-42(26-28-58-53)56(3,4)5;/h6-33,36-37H,1-5H3;/q-3;. The Morgan fingerprint density at radius 3 is 2.20 bits per heavy atom. The smallest absolute Gasteiger partial charge is 0.322 e. The molecule has 316 valence electrons. The van der Waals surface area contributed by atoms with Gasteiger partial charge in [0, 0.05) is 73.1 Å². The summed E-state index contributed by atoms with van der Waals surface area (Å²) in [6.45, 7) is 13.3. The number of rotatable bonds is 7. The van der Waals surface area contributed by atoms with Crippen LogP contribution >= 0.6 is 0 Å². The fraction of sp³-hybridized carbons (Fsp3) is 0.107. The second-order valence-electron chi connectivity index (χ2n) is 17.6. The van der Waals surface area contributed by atoms with Gasteiger partial charge in [-0.2, -0.15) is 12.1 Å². The molecular weight excluding hydrogens is 965 g/mol. The Balaban J connectivity index is 0.00000484. The Kier molecular flexibility index (Phi) is 10.6. The average molecular weight is 1010 g/mol. The number of fused-ring (bicyclic) bond motifs is 5. The second kappa shape index (κ2) is 16.4. The maximum absolute atomic E-state index is 6.68. The van der Waals surface area contributed by atoms with Crippen molar-refractivity contribution in [3.05, 3.63) is 229 Å². The van der Waals surface area contributed by atoms with E-state index in [1.807, 2.05) is 24.4 Å². The first-order chi connectivity index (χ1) is 30.7. The van der Waals surface area contributed by atoms with E-state index in [-0.39, 0.29) is 33.3 Å². The first kappa shape index (κ1) is 41.2.